The van der Waals surface area contributed by atoms with Crippen molar-refractivity contribution in [3.05, 3.63) is 58.8 Å². The van der Waals surface area contributed by atoms with Crippen molar-refractivity contribution >= 4 is 33.4 Å². The van der Waals surface area contributed by atoms with Crippen molar-refractivity contribution in [3.63, 3.8) is 0 Å². The van der Waals surface area contributed by atoms with Crippen LogP contribution in [0, 0.1) is 5.82 Å². The van der Waals surface area contributed by atoms with E-state index in [4.69, 9.17) is 4.74 Å². The molecule has 0 aliphatic heterocycles. The van der Waals surface area contributed by atoms with Gasteiger partial charge in [-0.3, -0.25) is 9.59 Å². The third-order valence-corrected chi connectivity index (χ3v) is 3.82. The second-order valence-corrected chi connectivity index (χ2v) is 5.87. The summed E-state index contributed by atoms with van der Waals surface area (Å²) >= 11 is 3.33. The summed E-state index contributed by atoms with van der Waals surface area (Å²) in [4.78, 5) is 25.2. The van der Waals surface area contributed by atoms with Crippen LogP contribution >= 0.6 is 15.9 Å². The van der Waals surface area contributed by atoms with Crippen LogP contribution in [-0.2, 0) is 9.59 Å². The third-order valence-electron chi connectivity index (χ3n) is 3.13. The summed E-state index contributed by atoms with van der Waals surface area (Å²) in [6.45, 7) is -0.336. The molecule has 0 radical (unpaired) electrons. The summed E-state index contributed by atoms with van der Waals surface area (Å²) in [5.74, 6) is -0.675. The second-order valence-electron chi connectivity index (χ2n) is 5.02. The number of likely N-dealkylation sites (N-methyl/N-ethyl adjacent to an activating group) is 1. The monoisotopic (exact) mass is 394 g/mol. The fourth-order valence-electron chi connectivity index (χ4n) is 1.84. The minimum Gasteiger partial charge on any atom is -0.484 e. The van der Waals surface area contributed by atoms with E-state index < -0.39 is 0 Å². The van der Waals surface area contributed by atoms with Gasteiger partial charge in [0.25, 0.3) is 5.91 Å². The van der Waals surface area contributed by atoms with Crippen LogP contribution in [0.2, 0.25) is 0 Å². The molecule has 0 aliphatic rings. The standard InChI is InChI=1S/C17H16BrFN2O3/c1-21(10-16(22)20-15-5-3-2-4-14(15)18)17(23)11-24-13-8-6-12(19)7-9-13/h2-9H,10-11H2,1H3,(H,20,22). The highest BCUT2D eigenvalue weighted by Crippen LogP contribution is 2.21. The van der Waals surface area contributed by atoms with Crippen LogP contribution in [0.15, 0.2) is 53.0 Å². The lowest BCUT2D eigenvalue weighted by Crippen LogP contribution is -2.37. The van der Waals surface area contributed by atoms with Gasteiger partial charge in [-0.05, 0) is 52.3 Å². The van der Waals surface area contributed by atoms with Gasteiger partial charge in [0.1, 0.15) is 11.6 Å². The molecule has 2 aromatic carbocycles. The van der Waals surface area contributed by atoms with Gasteiger partial charge in [-0.15, -0.1) is 0 Å². The molecule has 0 saturated carbocycles. The molecule has 2 aromatic rings. The number of hydrogen-bond donors (Lipinski definition) is 1. The first-order valence-corrected chi connectivity index (χ1v) is 7.91. The predicted molar refractivity (Wildman–Crippen MR) is 92.3 cm³/mol. The highest BCUT2D eigenvalue weighted by molar-refractivity contribution is 9.10. The normalized spacial score (nSPS) is 10.1. The van der Waals surface area contributed by atoms with E-state index in [-0.39, 0.29) is 30.8 Å². The zero-order chi connectivity index (χ0) is 17.5. The molecule has 0 aliphatic carbocycles. The largest absolute Gasteiger partial charge is 0.484 e. The zero-order valence-electron chi connectivity index (χ0n) is 13.0. The zero-order valence-corrected chi connectivity index (χ0v) is 14.5. The molecule has 0 atom stereocenters. The van der Waals surface area contributed by atoms with Gasteiger partial charge >= 0.3 is 0 Å². The molecule has 2 amide bonds. The Morgan fingerprint density at radius 2 is 1.83 bits per heavy atom. The van der Waals surface area contributed by atoms with Gasteiger partial charge in [-0.1, -0.05) is 12.1 Å². The number of amides is 2. The van der Waals surface area contributed by atoms with Gasteiger partial charge in [-0.25, -0.2) is 4.39 Å². The molecule has 7 heteroatoms. The second kappa shape index (κ2) is 8.44. The summed E-state index contributed by atoms with van der Waals surface area (Å²) < 4.78 is 18.8. The molecule has 0 spiro atoms. The Hall–Kier alpha value is -2.41. The van der Waals surface area contributed by atoms with E-state index in [9.17, 15) is 14.0 Å². The number of rotatable bonds is 6. The maximum absolute atomic E-state index is 12.8. The topological polar surface area (TPSA) is 58.6 Å². The number of carbonyl (C=O) groups is 2. The fourth-order valence-corrected chi connectivity index (χ4v) is 2.23. The third kappa shape index (κ3) is 5.34. The molecule has 126 valence electrons. The van der Waals surface area contributed by atoms with Crippen LogP contribution in [0.3, 0.4) is 0 Å². The molecule has 0 aromatic heterocycles. The SMILES string of the molecule is CN(CC(=O)Nc1ccccc1Br)C(=O)COc1ccc(F)cc1. The molecule has 0 fully saturated rings. The van der Waals surface area contributed by atoms with Crippen LogP contribution in [0.25, 0.3) is 0 Å². The van der Waals surface area contributed by atoms with Crippen molar-refractivity contribution in [1.82, 2.24) is 4.90 Å². The Balaban J connectivity index is 1.81. The molecule has 0 heterocycles. The molecular formula is C17H16BrFN2O3. The number of para-hydroxylation sites is 1. The maximum atomic E-state index is 12.8. The molecule has 5 nitrogen and oxygen atoms in total. The number of nitrogens with zero attached hydrogens (tertiary/aromatic N) is 1. The number of benzene rings is 2. The minimum atomic E-state index is -0.380. The number of ether oxygens (including phenoxy) is 1. The Labute approximate surface area is 147 Å². The predicted octanol–water partition coefficient (Wildman–Crippen LogP) is 3.06. The van der Waals surface area contributed by atoms with Crippen molar-refractivity contribution in [3.8, 4) is 5.75 Å². The van der Waals surface area contributed by atoms with Gasteiger partial charge in [0, 0.05) is 11.5 Å². The Bertz CT molecular complexity index is 722. The maximum Gasteiger partial charge on any atom is 0.260 e. The molecule has 1 N–H and O–H groups in total. The molecule has 0 bridgehead atoms. The smallest absolute Gasteiger partial charge is 0.260 e. The van der Waals surface area contributed by atoms with Crippen molar-refractivity contribution in [2.75, 3.05) is 25.5 Å². The van der Waals surface area contributed by atoms with Crippen LogP contribution in [0.5, 0.6) is 5.75 Å². The Kier molecular flexibility index (Phi) is 6.31. The van der Waals surface area contributed by atoms with Gasteiger partial charge < -0.3 is 15.0 Å². The number of nitrogens with one attached hydrogen (secondary N) is 1. The van der Waals surface area contributed by atoms with E-state index in [1.807, 2.05) is 6.07 Å². The van der Waals surface area contributed by atoms with E-state index in [0.29, 0.717) is 11.4 Å². The summed E-state index contributed by atoms with van der Waals surface area (Å²) in [7, 11) is 1.51. The number of carbonyl (C=O) groups excluding carboxylic acids is 2. The highest BCUT2D eigenvalue weighted by Gasteiger charge is 2.14. The van der Waals surface area contributed by atoms with Crippen molar-refractivity contribution in [2.45, 2.75) is 0 Å². The highest BCUT2D eigenvalue weighted by atomic mass is 79.9. The summed E-state index contributed by atoms with van der Waals surface area (Å²) in [5, 5.41) is 2.71. The summed E-state index contributed by atoms with van der Waals surface area (Å²) in [6, 6.07) is 12.5. The van der Waals surface area contributed by atoms with Gasteiger partial charge in [-0.2, -0.15) is 0 Å². The molecule has 0 saturated heterocycles. The van der Waals surface area contributed by atoms with E-state index >= 15 is 0 Å². The van der Waals surface area contributed by atoms with Crippen molar-refractivity contribution < 1.29 is 18.7 Å². The first kappa shape index (κ1) is 17.9. The van der Waals surface area contributed by atoms with Crippen molar-refractivity contribution in [2.24, 2.45) is 0 Å². The van der Waals surface area contributed by atoms with Gasteiger partial charge in [0.15, 0.2) is 6.61 Å². The average Bonchev–Trinajstić information content (AvgIpc) is 2.56. The molecule has 2 rings (SSSR count). The van der Waals surface area contributed by atoms with Crippen molar-refractivity contribution in [1.29, 1.82) is 0 Å². The molecule has 24 heavy (non-hydrogen) atoms. The van der Waals surface area contributed by atoms with Crippen LogP contribution in [0.4, 0.5) is 10.1 Å². The summed E-state index contributed by atoms with van der Waals surface area (Å²) in [5.41, 5.74) is 0.630. The first-order valence-electron chi connectivity index (χ1n) is 7.12. The van der Waals surface area contributed by atoms with E-state index in [2.05, 4.69) is 21.2 Å². The molecular weight excluding hydrogens is 379 g/mol. The Morgan fingerprint density at radius 1 is 1.17 bits per heavy atom. The lowest BCUT2D eigenvalue weighted by Gasteiger charge is -2.17. The average molecular weight is 395 g/mol. The number of hydrogen-bond acceptors (Lipinski definition) is 3. The number of anilines is 1. The van der Waals surface area contributed by atoms with Gasteiger partial charge in [0.05, 0.1) is 12.2 Å². The lowest BCUT2D eigenvalue weighted by molar-refractivity contribution is -0.135. The van der Waals surface area contributed by atoms with E-state index in [1.165, 1.54) is 36.2 Å². The molecule has 0 unspecified atom stereocenters. The Morgan fingerprint density at radius 3 is 2.50 bits per heavy atom. The fraction of sp³-hybridized carbons (Fsp3) is 0.176. The minimum absolute atomic E-state index is 0.104. The van der Waals surface area contributed by atoms with E-state index in [0.717, 1.165) is 4.47 Å². The quantitative estimate of drug-likeness (QED) is 0.818. The number of halogens is 2. The van der Waals surface area contributed by atoms with Crippen LogP contribution < -0.4 is 10.1 Å². The van der Waals surface area contributed by atoms with Crippen LogP contribution in [-0.4, -0.2) is 36.9 Å². The first-order chi connectivity index (χ1) is 11.5. The van der Waals surface area contributed by atoms with E-state index in [1.54, 1.807) is 18.2 Å². The lowest BCUT2D eigenvalue weighted by atomic mass is 10.3. The van der Waals surface area contributed by atoms with Crippen LogP contribution in [0.1, 0.15) is 0 Å². The van der Waals surface area contributed by atoms with Gasteiger partial charge in [0.2, 0.25) is 5.91 Å². The summed E-state index contributed by atoms with van der Waals surface area (Å²) in [6.07, 6.45) is 0.